The van der Waals surface area contributed by atoms with E-state index in [9.17, 15) is 0 Å². The average Bonchev–Trinajstić information content (AvgIpc) is 3.09. The van der Waals surface area contributed by atoms with Crippen molar-refractivity contribution < 1.29 is 0 Å². The van der Waals surface area contributed by atoms with Gasteiger partial charge in [-0.15, -0.1) is 0 Å². The summed E-state index contributed by atoms with van der Waals surface area (Å²) < 4.78 is 0. The molecule has 1 aromatic rings. The maximum absolute atomic E-state index is 3.85. The standard InChI is InChI=1S/C16H26N2S/c1-13-8-15(17-9-14-4-2-3-5-14)11-18(10-13)16-6-7-19-12-16/h6-7,12-15,17H,2-5,8-11H2,1H3. The second kappa shape index (κ2) is 6.27. The molecule has 2 nitrogen and oxygen atoms in total. The van der Waals surface area contributed by atoms with Crippen molar-refractivity contribution in [2.24, 2.45) is 11.8 Å². The van der Waals surface area contributed by atoms with Crippen LogP contribution in [0.2, 0.25) is 0 Å². The number of nitrogens with zero attached hydrogens (tertiary/aromatic N) is 1. The maximum Gasteiger partial charge on any atom is 0.0475 e. The largest absolute Gasteiger partial charge is 0.369 e. The minimum absolute atomic E-state index is 0.684. The van der Waals surface area contributed by atoms with Crippen LogP contribution in [0.15, 0.2) is 16.8 Å². The first-order valence-corrected chi connectivity index (χ1v) is 8.76. The fourth-order valence-corrected chi connectivity index (χ4v) is 4.36. The van der Waals surface area contributed by atoms with Gasteiger partial charge in [-0.3, -0.25) is 0 Å². The highest BCUT2D eigenvalue weighted by Gasteiger charge is 2.25. The number of rotatable bonds is 4. The van der Waals surface area contributed by atoms with E-state index in [1.165, 1.54) is 57.4 Å². The lowest BCUT2D eigenvalue weighted by molar-refractivity contribution is 0.332. The Kier molecular flexibility index (Phi) is 4.44. The van der Waals surface area contributed by atoms with Gasteiger partial charge >= 0.3 is 0 Å². The Hall–Kier alpha value is -0.540. The molecule has 1 saturated heterocycles. The van der Waals surface area contributed by atoms with E-state index in [1.807, 2.05) is 11.3 Å². The van der Waals surface area contributed by atoms with Gasteiger partial charge in [-0.1, -0.05) is 19.8 Å². The quantitative estimate of drug-likeness (QED) is 0.902. The van der Waals surface area contributed by atoms with E-state index in [2.05, 4.69) is 34.0 Å². The topological polar surface area (TPSA) is 15.3 Å². The van der Waals surface area contributed by atoms with Crippen LogP contribution in [0.4, 0.5) is 5.69 Å². The number of hydrogen-bond donors (Lipinski definition) is 1. The predicted molar refractivity (Wildman–Crippen MR) is 84.1 cm³/mol. The Morgan fingerprint density at radius 1 is 1.32 bits per heavy atom. The first-order valence-electron chi connectivity index (χ1n) is 7.82. The third-order valence-electron chi connectivity index (χ3n) is 4.70. The molecule has 2 aliphatic rings. The summed E-state index contributed by atoms with van der Waals surface area (Å²) >= 11 is 1.81. The van der Waals surface area contributed by atoms with Crippen LogP contribution >= 0.6 is 11.3 Å². The summed E-state index contributed by atoms with van der Waals surface area (Å²) in [7, 11) is 0. The Balaban J connectivity index is 1.53. The van der Waals surface area contributed by atoms with Gasteiger partial charge in [-0.2, -0.15) is 11.3 Å². The Bertz CT molecular complexity index is 370. The monoisotopic (exact) mass is 278 g/mol. The average molecular weight is 278 g/mol. The van der Waals surface area contributed by atoms with E-state index < -0.39 is 0 Å². The SMILES string of the molecule is CC1CC(NCC2CCCC2)CN(c2ccsc2)C1. The Labute approximate surface area is 121 Å². The van der Waals surface area contributed by atoms with Gasteiger partial charge in [0.15, 0.2) is 0 Å². The highest BCUT2D eigenvalue weighted by Crippen LogP contribution is 2.27. The zero-order valence-electron chi connectivity index (χ0n) is 12.0. The van der Waals surface area contributed by atoms with Gasteiger partial charge in [0.1, 0.15) is 0 Å². The fourth-order valence-electron chi connectivity index (χ4n) is 3.70. The lowest BCUT2D eigenvalue weighted by atomic mass is 9.95. The van der Waals surface area contributed by atoms with Crippen LogP contribution in [-0.2, 0) is 0 Å². The highest BCUT2D eigenvalue weighted by molar-refractivity contribution is 7.08. The summed E-state index contributed by atoms with van der Waals surface area (Å²) in [4.78, 5) is 2.57. The summed E-state index contributed by atoms with van der Waals surface area (Å²) in [5.41, 5.74) is 1.42. The van der Waals surface area contributed by atoms with E-state index in [0.29, 0.717) is 6.04 Å². The smallest absolute Gasteiger partial charge is 0.0475 e. The number of anilines is 1. The van der Waals surface area contributed by atoms with Crippen molar-refractivity contribution in [1.82, 2.24) is 5.32 Å². The molecular weight excluding hydrogens is 252 g/mol. The Morgan fingerprint density at radius 3 is 2.89 bits per heavy atom. The van der Waals surface area contributed by atoms with Gasteiger partial charge in [0.05, 0.1) is 0 Å². The second-order valence-electron chi connectivity index (χ2n) is 6.48. The third-order valence-corrected chi connectivity index (χ3v) is 5.37. The molecule has 1 aliphatic heterocycles. The van der Waals surface area contributed by atoms with Gasteiger partial charge in [-0.05, 0) is 49.1 Å². The van der Waals surface area contributed by atoms with Crippen molar-refractivity contribution >= 4 is 17.0 Å². The van der Waals surface area contributed by atoms with Crippen LogP contribution in [0.1, 0.15) is 39.0 Å². The molecule has 19 heavy (non-hydrogen) atoms. The van der Waals surface area contributed by atoms with E-state index in [-0.39, 0.29) is 0 Å². The molecule has 2 atom stereocenters. The first kappa shape index (κ1) is 13.4. The normalized spacial score (nSPS) is 29.0. The third kappa shape index (κ3) is 3.51. The van der Waals surface area contributed by atoms with Gasteiger partial charge in [0.2, 0.25) is 0 Å². The van der Waals surface area contributed by atoms with E-state index in [0.717, 1.165) is 11.8 Å². The molecule has 0 amide bonds. The zero-order valence-corrected chi connectivity index (χ0v) is 12.8. The molecule has 1 saturated carbocycles. The predicted octanol–water partition coefficient (Wildman–Crippen LogP) is 3.74. The lowest BCUT2D eigenvalue weighted by Crippen LogP contribution is -2.49. The van der Waals surface area contributed by atoms with Crippen LogP contribution in [0.25, 0.3) is 0 Å². The number of hydrogen-bond acceptors (Lipinski definition) is 3. The molecule has 0 bridgehead atoms. The summed E-state index contributed by atoms with van der Waals surface area (Å²) in [6.07, 6.45) is 7.14. The van der Waals surface area contributed by atoms with Crippen LogP contribution in [0.3, 0.4) is 0 Å². The van der Waals surface area contributed by atoms with Gasteiger partial charge < -0.3 is 10.2 Å². The fraction of sp³-hybridized carbons (Fsp3) is 0.750. The van der Waals surface area contributed by atoms with Crippen molar-refractivity contribution in [3.8, 4) is 0 Å². The van der Waals surface area contributed by atoms with Gasteiger partial charge in [0.25, 0.3) is 0 Å². The van der Waals surface area contributed by atoms with Crippen molar-refractivity contribution in [2.45, 2.75) is 45.1 Å². The van der Waals surface area contributed by atoms with Gasteiger partial charge in [-0.25, -0.2) is 0 Å². The molecule has 1 N–H and O–H groups in total. The molecule has 0 aromatic carbocycles. The summed E-state index contributed by atoms with van der Waals surface area (Å²) in [6.45, 7) is 6.05. The summed E-state index contributed by atoms with van der Waals surface area (Å²) in [5, 5.41) is 8.32. The molecule has 3 rings (SSSR count). The summed E-state index contributed by atoms with van der Waals surface area (Å²) in [6, 6.07) is 2.95. The van der Waals surface area contributed by atoms with Crippen molar-refractivity contribution in [2.75, 3.05) is 24.5 Å². The zero-order chi connectivity index (χ0) is 13.1. The second-order valence-corrected chi connectivity index (χ2v) is 7.26. The van der Waals surface area contributed by atoms with Crippen LogP contribution in [-0.4, -0.2) is 25.7 Å². The molecule has 2 heterocycles. The minimum atomic E-state index is 0.684. The van der Waals surface area contributed by atoms with Crippen molar-refractivity contribution in [3.63, 3.8) is 0 Å². The van der Waals surface area contributed by atoms with Crippen molar-refractivity contribution in [1.29, 1.82) is 0 Å². The van der Waals surface area contributed by atoms with E-state index >= 15 is 0 Å². The molecule has 1 aromatic heterocycles. The molecule has 0 radical (unpaired) electrons. The summed E-state index contributed by atoms with van der Waals surface area (Å²) in [5.74, 6) is 1.75. The highest BCUT2D eigenvalue weighted by atomic mass is 32.1. The number of piperidine rings is 1. The number of nitrogens with one attached hydrogen (secondary N) is 1. The van der Waals surface area contributed by atoms with E-state index in [4.69, 9.17) is 0 Å². The van der Waals surface area contributed by atoms with Crippen molar-refractivity contribution in [3.05, 3.63) is 16.8 Å². The molecule has 3 heteroatoms. The minimum Gasteiger partial charge on any atom is -0.369 e. The molecule has 2 unspecified atom stereocenters. The van der Waals surface area contributed by atoms with Crippen LogP contribution in [0, 0.1) is 11.8 Å². The molecular formula is C16H26N2S. The molecule has 2 fully saturated rings. The number of thiophene rings is 1. The van der Waals surface area contributed by atoms with Gasteiger partial charge in [0, 0.05) is 30.2 Å². The maximum atomic E-state index is 3.85. The molecule has 0 spiro atoms. The van der Waals surface area contributed by atoms with Crippen LogP contribution < -0.4 is 10.2 Å². The lowest BCUT2D eigenvalue weighted by Gasteiger charge is -2.38. The Morgan fingerprint density at radius 2 is 2.16 bits per heavy atom. The first-order chi connectivity index (χ1) is 9.31. The van der Waals surface area contributed by atoms with E-state index in [1.54, 1.807) is 0 Å². The molecule has 106 valence electrons. The van der Waals surface area contributed by atoms with Crippen LogP contribution in [0.5, 0.6) is 0 Å². The molecule has 1 aliphatic carbocycles.